The zero-order valence-electron chi connectivity index (χ0n) is 24.8. The predicted octanol–water partition coefficient (Wildman–Crippen LogP) is 11.3. The average molecular weight is 563 g/mol. The molecule has 0 fully saturated rings. The van der Waals surface area contributed by atoms with Crippen LogP contribution in [0.15, 0.2) is 146 Å². The maximum atomic E-state index is 2.42. The fourth-order valence-electron chi connectivity index (χ4n) is 7.29. The van der Waals surface area contributed by atoms with Crippen molar-refractivity contribution in [2.45, 2.75) is 13.8 Å². The van der Waals surface area contributed by atoms with Crippen LogP contribution in [0.25, 0.3) is 76.9 Å². The van der Waals surface area contributed by atoms with Gasteiger partial charge in [0.05, 0.1) is 22.1 Å². The summed E-state index contributed by atoms with van der Waals surface area (Å²) in [4.78, 5) is 0. The number of fused-ring (bicyclic) bond motifs is 7. The third-order valence-electron chi connectivity index (χ3n) is 9.33. The Morgan fingerprint density at radius 1 is 0.409 bits per heavy atom. The van der Waals surface area contributed by atoms with E-state index in [1.165, 1.54) is 88.0 Å². The molecule has 2 heterocycles. The van der Waals surface area contributed by atoms with Crippen molar-refractivity contribution < 1.29 is 0 Å². The monoisotopic (exact) mass is 562 g/mol. The Kier molecular flexibility index (Phi) is 5.36. The van der Waals surface area contributed by atoms with Gasteiger partial charge in [-0.2, -0.15) is 0 Å². The van der Waals surface area contributed by atoms with Crippen LogP contribution in [0.3, 0.4) is 0 Å². The van der Waals surface area contributed by atoms with Crippen LogP contribution >= 0.6 is 0 Å². The van der Waals surface area contributed by atoms with Crippen LogP contribution in [0.1, 0.15) is 11.1 Å². The molecule has 2 heteroatoms. The Bertz CT molecular complexity index is 2560. The number of hydrogen-bond donors (Lipinski definition) is 0. The molecule has 0 bridgehead atoms. The van der Waals surface area contributed by atoms with Crippen LogP contribution in [0.5, 0.6) is 0 Å². The van der Waals surface area contributed by atoms with Gasteiger partial charge in [0.15, 0.2) is 0 Å². The first-order valence-electron chi connectivity index (χ1n) is 15.3. The summed E-state index contributed by atoms with van der Waals surface area (Å²) in [5, 5.41) is 7.64. The van der Waals surface area contributed by atoms with Crippen molar-refractivity contribution in [1.82, 2.24) is 9.13 Å². The van der Waals surface area contributed by atoms with Crippen LogP contribution in [0.4, 0.5) is 0 Å². The molecule has 2 aromatic heterocycles. The van der Waals surface area contributed by atoms with Gasteiger partial charge in [-0.05, 0) is 95.9 Å². The first-order chi connectivity index (χ1) is 21.7. The van der Waals surface area contributed by atoms with Crippen molar-refractivity contribution in [3.05, 3.63) is 157 Å². The quantitative estimate of drug-likeness (QED) is 0.203. The summed E-state index contributed by atoms with van der Waals surface area (Å²) in [5.74, 6) is 0. The van der Waals surface area contributed by atoms with E-state index in [0.717, 1.165) is 0 Å². The topological polar surface area (TPSA) is 9.86 Å². The van der Waals surface area contributed by atoms with Gasteiger partial charge in [0.1, 0.15) is 0 Å². The van der Waals surface area contributed by atoms with Crippen molar-refractivity contribution in [2.75, 3.05) is 0 Å². The molecule has 0 spiro atoms. The molecule has 0 aliphatic rings. The van der Waals surface area contributed by atoms with Gasteiger partial charge < -0.3 is 9.13 Å². The van der Waals surface area contributed by atoms with E-state index in [2.05, 4.69) is 169 Å². The zero-order chi connectivity index (χ0) is 29.4. The molecule has 0 aliphatic heterocycles. The molecule has 9 aromatic rings. The van der Waals surface area contributed by atoms with E-state index in [9.17, 15) is 0 Å². The van der Waals surface area contributed by atoms with Gasteiger partial charge in [-0.1, -0.05) is 96.6 Å². The first-order valence-corrected chi connectivity index (χ1v) is 15.3. The van der Waals surface area contributed by atoms with Crippen LogP contribution < -0.4 is 0 Å². The number of rotatable bonds is 3. The lowest BCUT2D eigenvalue weighted by Gasteiger charge is -2.14. The molecule has 7 aromatic carbocycles. The number of nitrogens with zero attached hydrogens (tertiary/aromatic N) is 2. The Morgan fingerprint density at radius 3 is 1.91 bits per heavy atom. The molecule has 0 saturated carbocycles. The second kappa shape index (κ2) is 9.45. The maximum absolute atomic E-state index is 2.42. The lowest BCUT2D eigenvalue weighted by atomic mass is 9.95. The highest BCUT2D eigenvalue weighted by Gasteiger charge is 2.17. The second-order valence-corrected chi connectivity index (χ2v) is 11.9. The summed E-state index contributed by atoms with van der Waals surface area (Å²) in [7, 11) is 0. The van der Waals surface area contributed by atoms with Crippen LogP contribution in [-0.4, -0.2) is 9.13 Å². The van der Waals surface area contributed by atoms with Gasteiger partial charge in [0.25, 0.3) is 0 Å². The normalized spacial score (nSPS) is 11.9. The van der Waals surface area contributed by atoms with Gasteiger partial charge in [-0.3, -0.25) is 0 Å². The smallest absolute Gasteiger partial charge is 0.0576 e. The Balaban J connectivity index is 1.26. The van der Waals surface area contributed by atoms with Gasteiger partial charge in [-0.25, -0.2) is 0 Å². The predicted molar refractivity (Wildman–Crippen MR) is 188 cm³/mol. The molecular weight excluding hydrogens is 532 g/mol. The second-order valence-electron chi connectivity index (χ2n) is 11.9. The SMILES string of the molecule is Cc1ccc2c(c1)c1ccccc1n2-c1ccc2ccc(-c3ccc4c5ccccc5n(-c5ccccc5)c4c3C)cc2c1. The van der Waals surface area contributed by atoms with Crippen molar-refractivity contribution in [3.8, 4) is 22.5 Å². The zero-order valence-corrected chi connectivity index (χ0v) is 24.8. The molecule has 9 rings (SSSR count). The number of aryl methyl sites for hydroxylation is 2. The van der Waals surface area contributed by atoms with Crippen molar-refractivity contribution in [1.29, 1.82) is 0 Å². The van der Waals surface area contributed by atoms with Crippen LogP contribution in [0, 0.1) is 13.8 Å². The van der Waals surface area contributed by atoms with Crippen molar-refractivity contribution in [3.63, 3.8) is 0 Å². The molecule has 0 aliphatic carbocycles. The molecule has 0 atom stereocenters. The van der Waals surface area contributed by atoms with Gasteiger partial charge in [-0.15, -0.1) is 0 Å². The van der Waals surface area contributed by atoms with Gasteiger partial charge in [0, 0.05) is 32.9 Å². The van der Waals surface area contributed by atoms with Gasteiger partial charge in [0.2, 0.25) is 0 Å². The van der Waals surface area contributed by atoms with Gasteiger partial charge >= 0.3 is 0 Å². The first kappa shape index (κ1) is 24.9. The highest BCUT2D eigenvalue weighted by atomic mass is 15.0. The summed E-state index contributed by atoms with van der Waals surface area (Å²) in [5.41, 5.74) is 12.4. The Hall–Kier alpha value is -5.60. The minimum absolute atomic E-state index is 1.18. The average Bonchev–Trinajstić information content (AvgIpc) is 3.58. The molecule has 2 nitrogen and oxygen atoms in total. The highest BCUT2D eigenvalue weighted by molar-refractivity contribution is 6.12. The van der Waals surface area contributed by atoms with E-state index in [1.54, 1.807) is 0 Å². The molecule has 0 unspecified atom stereocenters. The summed E-state index contributed by atoms with van der Waals surface area (Å²) in [6.07, 6.45) is 0. The fraction of sp³-hybridized carbons (Fsp3) is 0.0476. The lowest BCUT2D eigenvalue weighted by molar-refractivity contribution is 1.17. The number of hydrogen-bond acceptors (Lipinski definition) is 0. The number of benzene rings is 7. The summed E-state index contributed by atoms with van der Waals surface area (Å²) >= 11 is 0. The summed E-state index contributed by atoms with van der Waals surface area (Å²) in [6.45, 7) is 4.44. The summed E-state index contributed by atoms with van der Waals surface area (Å²) in [6, 6.07) is 53.4. The summed E-state index contributed by atoms with van der Waals surface area (Å²) < 4.78 is 4.83. The molecule has 44 heavy (non-hydrogen) atoms. The van der Waals surface area contributed by atoms with E-state index in [1.807, 2.05) is 0 Å². The molecule has 0 radical (unpaired) electrons. The van der Waals surface area contributed by atoms with E-state index >= 15 is 0 Å². The Labute approximate surface area is 256 Å². The minimum atomic E-state index is 1.18. The van der Waals surface area contributed by atoms with Crippen molar-refractivity contribution >= 4 is 54.4 Å². The van der Waals surface area contributed by atoms with Crippen molar-refractivity contribution in [2.24, 2.45) is 0 Å². The molecule has 0 saturated heterocycles. The van der Waals surface area contributed by atoms with E-state index in [-0.39, 0.29) is 0 Å². The molecular formula is C42H30N2. The number of aromatic nitrogens is 2. The fourth-order valence-corrected chi connectivity index (χ4v) is 7.29. The largest absolute Gasteiger partial charge is 0.309 e. The molecule has 0 N–H and O–H groups in total. The van der Waals surface area contributed by atoms with Crippen LogP contribution in [0.2, 0.25) is 0 Å². The highest BCUT2D eigenvalue weighted by Crippen LogP contribution is 2.39. The van der Waals surface area contributed by atoms with E-state index < -0.39 is 0 Å². The Morgan fingerprint density at radius 2 is 1.09 bits per heavy atom. The maximum Gasteiger partial charge on any atom is 0.0576 e. The van der Waals surface area contributed by atoms with E-state index in [0.29, 0.717) is 0 Å². The third kappa shape index (κ3) is 3.61. The lowest BCUT2D eigenvalue weighted by Crippen LogP contribution is -1.96. The standard InChI is InChI=1S/C42H30N2/c1-27-16-23-41-38(24-27)36-13-7-8-14-39(36)43(41)33-20-19-29-17-18-30(25-31(29)26-33)34-21-22-37-35-12-6-9-15-40(35)44(42(37)28(34)2)32-10-4-3-5-11-32/h3-26H,1-2H3. The van der Waals surface area contributed by atoms with E-state index in [4.69, 9.17) is 0 Å². The van der Waals surface area contributed by atoms with Crippen LogP contribution in [-0.2, 0) is 0 Å². The number of para-hydroxylation sites is 3. The minimum Gasteiger partial charge on any atom is -0.309 e. The molecule has 0 amide bonds. The molecule has 208 valence electrons. The third-order valence-corrected chi connectivity index (χ3v) is 9.33.